The molecule has 0 radical (unpaired) electrons. The van der Waals surface area contributed by atoms with Gasteiger partial charge in [0.15, 0.2) is 0 Å². The molecule has 3 rings (SSSR count). The number of amides is 1. The number of benzene rings is 2. The number of carbonyl (C=O) groups is 1. The highest BCUT2D eigenvalue weighted by atomic mass is 79.9. The van der Waals surface area contributed by atoms with Crippen LogP contribution >= 0.6 is 15.9 Å². The van der Waals surface area contributed by atoms with Crippen LogP contribution in [0.1, 0.15) is 29.4 Å². The second-order valence-electron chi connectivity index (χ2n) is 6.86. The molecule has 0 aliphatic heterocycles. The van der Waals surface area contributed by atoms with Gasteiger partial charge in [-0.25, -0.2) is 4.79 Å². The lowest BCUT2D eigenvalue weighted by Gasteiger charge is -2.21. The summed E-state index contributed by atoms with van der Waals surface area (Å²) in [5.41, 5.74) is -2.50. The van der Waals surface area contributed by atoms with Crippen LogP contribution in [0.25, 0.3) is 11.0 Å². The van der Waals surface area contributed by atoms with Gasteiger partial charge in [-0.1, -0.05) is 15.9 Å². The maximum absolute atomic E-state index is 13.0. The van der Waals surface area contributed by atoms with Crippen LogP contribution in [0.5, 0.6) is 0 Å². The Morgan fingerprint density at radius 3 is 2.16 bits per heavy atom. The van der Waals surface area contributed by atoms with Gasteiger partial charge in [0.2, 0.25) is 0 Å². The molecule has 0 saturated carbocycles. The standard InChI is InChI=1S/C21H16BrF6NO3/c1-3-29(18-11(2)32-17-5-4-15(22)9-16(17)18)19(30)31-10-12-6-13(20(23,24)25)8-14(7-12)21(26,27)28/h4-9H,3,10H2,1-2H3. The normalized spacial score (nSPS) is 12.3. The number of aryl methyl sites for hydroxylation is 1. The molecule has 0 unspecified atom stereocenters. The van der Waals surface area contributed by atoms with Crippen LogP contribution in [0.2, 0.25) is 0 Å². The Kier molecular flexibility index (Phi) is 6.50. The van der Waals surface area contributed by atoms with E-state index < -0.39 is 41.7 Å². The van der Waals surface area contributed by atoms with Gasteiger partial charge in [0.25, 0.3) is 0 Å². The van der Waals surface area contributed by atoms with E-state index in [1.165, 1.54) is 4.90 Å². The van der Waals surface area contributed by atoms with Crippen LogP contribution in [0.15, 0.2) is 45.3 Å². The molecule has 0 aliphatic rings. The zero-order valence-electron chi connectivity index (χ0n) is 16.7. The van der Waals surface area contributed by atoms with E-state index in [1.807, 2.05) is 0 Å². The summed E-state index contributed by atoms with van der Waals surface area (Å²) in [7, 11) is 0. The molecule has 1 heterocycles. The van der Waals surface area contributed by atoms with E-state index in [0.717, 1.165) is 4.47 Å². The molecule has 0 N–H and O–H groups in total. The molecule has 0 spiro atoms. The van der Waals surface area contributed by atoms with Gasteiger partial charge in [0.05, 0.1) is 16.8 Å². The number of nitrogens with zero attached hydrogens (tertiary/aromatic N) is 1. The summed E-state index contributed by atoms with van der Waals surface area (Å²) in [5, 5.41) is 0.592. The SMILES string of the molecule is CCN(C(=O)OCc1cc(C(F)(F)F)cc(C(F)(F)F)c1)c1c(C)oc2ccc(Br)cc12. The van der Waals surface area contributed by atoms with E-state index in [1.54, 1.807) is 32.0 Å². The van der Waals surface area contributed by atoms with Gasteiger partial charge in [0, 0.05) is 16.4 Å². The highest BCUT2D eigenvalue weighted by molar-refractivity contribution is 9.10. The van der Waals surface area contributed by atoms with Gasteiger partial charge >= 0.3 is 18.4 Å². The van der Waals surface area contributed by atoms with Crippen molar-refractivity contribution in [2.75, 3.05) is 11.4 Å². The summed E-state index contributed by atoms with van der Waals surface area (Å²) < 4.78 is 89.6. The fraction of sp³-hybridized carbons (Fsp3) is 0.286. The minimum atomic E-state index is -4.99. The molecule has 2 aromatic carbocycles. The average Bonchev–Trinajstić information content (AvgIpc) is 3.01. The first kappa shape index (κ1) is 24.0. The maximum Gasteiger partial charge on any atom is 0.416 e. The molecule has 11 heteroatoms. The van der Waals surface area contributed by atoms with Crippen molar-refractivity contribution in [3.63, 3.8) is 0 Å². The van der Waals surface area contributed by atoms with Crippen LogP contribution in [0.4, 0.5) is 36.8 Å². The number of alkyl halides is 6. The summed E-state index contributed by atoms with van der Waals surface area (Å²) in [5.74, 6) is 0.398. The lowest BCUT2D eigenvalue weighted by atomic mass is 10.1. The van der Waals surface area contributed by atoms with Crippen molar-refractivity contribution in [3.8, 4) is 0 Å². The van der Waals surface area contributed by atoms with Gasteiger partial charge in [-0.05, 0) is 55.8 Å². The molecule has 0 bridgehead atoms. The number of furan rings is 1. The number of anilines is 1. The molecule has 3 aromatic rings. The third-order valence-corrected chi connectivity index (χ3v) is 5.10. The summed E-state index contributed by atoms with van der Waals surface area (Å²) in [6.07, 6.45) is -10.9. The van der Waals surface area contributed by atoms with Gasteiger partial charge < -0.3 is 9.15 Å². The smallest absolute Gasteiger partial charge is 0.416 e. The van der Waals surface area contributed by atoms with Crippen LogP contribution < -0.4 is 4.90 Å². The summed E-state index contributed by atoms with van der Waals surface area (Å²) in [6.45, 7) is 2.61. The highest BCUT2D eigenvalue weighted by Gasteiger charge is 2.37. The van der Waals surface area contributed by atoms with E-state index in [2.05, 4.69) is 15.9 Å². The van der Waals surface area contributed by atoms with E-state index in [9.17, 15) is 31.1 Å². The second kappa shape index (κ2) is 8.68. The molecular weight excluding hydrogens is 508 g/mol. The van der Waals surface area contributed by atoms with E-state index in [-0.39, 0.29) is 12.6 Å². The molecule has 1 amide bonds. The fourth-order valence-corrected chi connectivity index (χ4v) is 3.58. The van der Waals surface area contributed by atoms with Gasteiger partial charge in [-0.2, -0.15) is 26.3 Å². The monoisotopic (exact) mass is 523 g/mol. The number of halogens is 7. The topological polar surface area (TPSA) is 42.7 Å². The maximum atomic E-state index is 13.0. The van der Waals surface area contributed by atoms with Crippen molar-refractivity contribution < 1.29 is 40.3 Å². The molecule has 0 saturated heterocycles. The summed E-state index contributed by atoms with van der Waals surface area (Å²) in [4.78, 5) is 13.9. The van der Waals surface area contributed by atoms with Crippen LogP contribution in [-0.4, -0.2) is 12.6 Å². The fourth-order valence-electron chi connectivity index (χ4n) is 3.22. The summed E-state index contributed by atoms with van der Waals surface area (Å²) in [6, 6.07) is 6.22. The van der Waals surface area contributed by atoms with Gasteiger partial charge in [-0.3, -0.25) is 4.90 Å². The van der Waals surface area contributed by atoms with E-state index in [0.29, 0.717) is 34.5 Å². The largest absolute Gasteiger partial charge is 0.459 e. The number of rotatable bonds is 4. The van der Waals surface area contributed by atoms with E-state index in [4.69, 9.17) is 9.15 Å². The lowest BCUT2D eigenvalue weighted by Crippen LogP contribution is -2.31. The number of ether oxygens (including phenoxy) is 1. The number of hydrogen-bond donors (Lipinski definition) is 0. The predicted molar refractivity (Wildman–Crippen MR) is 108 cm³/mol. The first-order valence-electron chi connectivity index (χ1n) is 9.22. The zero-order valence-corrected chi connectivity index (χ0v) is 18.3. The highest BCUT2D eigenvalue weighted by Crippen LogP contribution is 2.37. The molecule has 4 nitrogen and oxygen atoms in total. The Balaban J connectivity index is 1.89. The molecule has 0 fully saturated rings. The Labute approximate surface area is 186 Å². The molecule has 1 aromatic heterocycles. The lowest BCUT2D eigenvalue weighted by molar-refractivity contribution is -0.143. The number of fused-ring (bicyclic) bond motifs is 1. The molecule has 0 atom stereocenters. The van der Waals surface area contributed by atoms with Crippen molar-refractivity contribution in [3.05, 3.63) is 63.3 Å². The Morgan fingerprint density at radius 1 is 1.03 bits per heavy atom. The van der Waals surface area contributed by atoms with Crippen molar-refractivity contribution in [1.29, 1.82) is 0 Å². The second-order valence-corrected chi connectivity index (χ2v) is 7.78. The van der Waals surface area contributed by atoms with Crippen molar-refractivity contribution in [2.45, 2.75) is 32.8 Å². The Bertz CT molecular complexity index is 1120. The first-order chi connectivity index (χ1) is 14.8. The number of hydrogen-bond acceptors (Lipinski definition) is 3. The van der Waals surface area contributed by atoms with Crippen molar-refractivity contribution >= 4 is 38.7 Å². The summed E-state index contributed by atoms with van der Waals surface area (Å²) >= 11 is 3.33. The molecular formula is C21H16BrF6NO3. The number of carbonyl (C=O) groups excluding carboxylic acids is 1. The average molecular weight is 524 g/mol. The minimum Gasteiger partial charge on any atom is -0.459 e. The van der Waals surface area contributed by atoms with Crippen LogP contribution in [0.3, 0.4) is 0 Å². The van der Waals surface area contributed by atoms with Crippen LogP contribution in [-0.2, 0) is 23.7 Å². The third kappa shape index (κ3) is 5.03. The third-order valence-electron chi connectivity index (χ3n) is 4.61. The van der Waals surface area contributed by atoms with E-state index >= 15 is 0 Å². The Morgan fingerprint density at radius 2 is 1.62 bits per heavy atom. The zero-order chi connectivity index (χ0) is 23.8. The molecule has 172 valence electrons. The van der Waals surface area contributed by atoms with Crippen molar-refractivity contribution in [1.82, 2.24) is 0 Å². The first-order valence-corrected chi connectivity index (χ1v) is 10.0. The predicted octanol–water partition coefficient (Wildman–Crippen LogP) is 7.70. The quantitative estimate of drug-likeness (QED) is 0.329. The minimum absolute atomic E-state index is 0.0164. The van der Waals surface area contributed by atoms with Crippen LogP contribution in [0, 0.1) is 6.92 Å². The Hall–Kier alpha value is -2.69. The van der Waals surface area contributed by atoms with Gasteiger partial charge in [-0.15, -0.1) is 0 Å². The van der Waals surface area contributed by atoms with Gasteiger partial charge in [0.1, 0.15) is 18.0 Å². The molecule has 0 aliphatic carbocycles. The van der Waals surface area contributed by atoms with Crippen molar-refractivity contribution in [2.24, 2.45) is 0 Å². The molecule has 32 heavy (non-hydrogen) atoms.